The minimum absolute atomic E-state index is 0.201. The van der Waals surface area contributed by atoms with Gasteiger partial charge in [0.25, 0.3) is 0 Å². The van der Waals surface area contributed by atoms with Crippen LogP contribution < -0.4 is 10.5 Å². The molecular formula is C17H19FN2O2. The van der Waals surface area contributed by atoms with Gasteiger partial charge in [-0.3, -0.25) is 0 Å². The first-order chi connectivity index (χ1) is 10.6. The Labute approximate surface area is 129 Å². The van der Waals surface area contributed by atoms with Gasteiger partial charge in [0.2, 0.25) is 0 Å². The summed E-state index contributed by atoms with van der Waals surface area (Å²) in [7, 11) is 0. The van der Waals surface area contributed by atoms with Crippen molar-refractivity contribution in [3.8, 4) is 5.75 Å². The van der Waals surface area contributed by atoms with Crippen molar-refractivity contribution in [2.75, 3.05) is 13.2 Å². The first-order valence-corrected chi connectivity index (χ1v) is 6.97. The Balaban J connectivity index is 1.80. The molecule has 4 nitrogen and oxygen atoms in total. The average molecular weight is 302 g/mol. The highest BCUT2D eigenvalue weighted by Crippen LogP contribution is 2.18. The van der Waals surface area contributed by atoms with Crippen molar-refractivity contribution in [3.05, 3.63) is 65.0 Å². The van der Waals surface area contributed by atoms with Crippen LogP contribution in [0.25, 0.3) is 0 Å². The van der Waals surface area contributed by atoms with E-state index in [0.29, 0.717) is 12.2 Å². The van der Waals surface area contributed by atoms with Crippen LogP contribution in [0.5, 0.6) is 5.75 Å². The van der Waals surface area contributed by atoms with Crippen LogP contribution in [0.2, 0.25) is 0 Å². The van der Waals surface area contributed by atoms with Crippen LogP contribution in [0.3, 0.4) is 0 Å². The molecule has 0 atom stereocenters. The van der Waals surface area contributed by atoms with Crippen LogP contribution >= 0.6 is 0 Å². The minimum Gasteiger partial charge on any atom is -0.490 e. The molecule has 5 heteroatoms. The molecule has 22 heavy (non-hydrogen) atoms. The summed E-state index contributed by atoms with van der Waals surface area (Å²) in [4.78, 5) is 5.12. The second-order valence-electron chi connectivity index (χ2n) is 4.93. The van der Waals surface area contributed by atoms with Gasteiger partial charge in [-0.1, -0.05) is 17.3 Å². The van der Waals surface area contributed by atoms with Crippen LogP contribution in [0.1, 0.15) is 16.7 Å². The third-order valence-electron chi connectivity index (χ3n) is 3.08. The highest BCUT2D eigenvalue weighted by molar-refractivity contribution is 5.96. The Morgan fingerprint density at radius 1 is 1.09 bits per heavy atom. The first-order valence-electron chi connectivity index (χ1n) is 6.97. The van der Waals surface area contributed by atoms with Gasteiger partial charge in [-0.15, -0.1) is 0 Å². The molecule has 0 saturated carbocycles. The number of rotatable bonds is 6. The summed E-state index contributed by atoms with van der Waals surface area (Å²) in [6.07, 6.45) is 0. The Morgan fingerprint density at radius 3 is 2.55 bits per heavy atom. The monoisotopic (exact) mass is 302 g/mol. The molecule has 0 amide bonds. The number of nitrogens with two attached hydrogens (primary N) is 1. The van der Waals surface area contributed by atoms with Crippen molar-refractivity contribution in [1.29, 1.82) is 0 Å². The maximum Gasteiger partial charge on any atom is 0.170 e. The van der Waals surface area contributed by atoms with Crippen molar-refractivity contribution in [2.24, 2.45) is 10.9 Å². The van der Waals surface area contributed by atoms with Crippen molar-refractivity contribution in [1.82, 2.24) is 0 Å². The molecule has 0 fully saturated rings. The number of halogens is 1. The van der Waals surface area contributed by atoms with Gasteiger partial charge in [-0.2, -0.15) is 0 Å². The zero-order valence-electron chi connectivity index (χ0n) is 12.7. The van der Waals surface area contributed by atoms with E-state index < -0.39 is 0 Å². The van der Waals surface area contributed by atoms with Crippen LogP contribution in [0, 0.1) is 19.7 Å². The number of nitrogens with zero attached hydrogens (tertiary/aromatic N) is 1. The number of hydrogen-bond acceptors (Lipinski definition) is 3. The van der Waals surface area contributed by atoms with E-state index in [9.17, 15) is 4.39 Å². The number of hydrogen-bond donors (Lipinski definition) is 1. The molecule has 0 aliphatic carbocycles. The molecule has 2 N–H and O–H groups in total. The second-order valence-corrected chi connectivity index (χ2v) is 4.93. The van der Waals surface area contributed by atoms with E-state index in [4.69, 9.17) is 15.3 Å². The normalized spacial score (nSPS) is 11.3. The van der Waals surface area contributed by atoms with Crippen molar-refractivity contribution in [2.45, 2.75) is 13.8 Å². The Bertz CT molecular complexity index is 654. The molecule has 0 radical (unpaired) electrons. The Kier molecular flexibility index (Phi) is 5.36. The lowest BCUT2D eigenvalue weighted by molar-refractivity contribution is 0.107. The van der Waals surface area contributed by atoms with Gasteiger partial charge < -0.3 is 15.3 Å². The summed E-state index contributed by atoms with van der Waals surface area (Å²) in [6.45, 7) is 4.64. The van der Waals surface area contributed by atoms with Crippen LogP contribution in [-0.4, -0.2) is 19.0 Å². The zero-order chi connectivity index (χ0) is 15.9. The van der Waals surface area contributed by atoms with Gasteiger partial charge >= 0.3 is 0 Å². The molecule has 2 aromatic carbocycles. The van der Waals surface area contributed by atoms with Gasteiger partial charge in [0.15, 0.2) is 12.4 Å². The van der Waals surface area contributed by atoms with Gasteiger partial charge in [-0.25, -0.2) is 4.39 Å². The number of amidine groups is 1. The largest absolute Gasteiger partial charge is 0.490 e. The molecule has 116 valence electrons. The summed E-state index contributed by atoms with van der Waals surface area (Å²) in [5, 5.41) is 3.79. The minimum atomic E-state index is -0.320. The van der Waals surface area contributed by atoms with Crippen LogP contribution in [0.4, 0.5) is 4.39 Å². The molecule has 0 aromatic heterocycles. The predicted octanol–water partition coefficient (Wildman–Crippen LogP) is 3.16. The van der Waals surface area contributed by atoms with Gasteiger partial charge in [0, 0.05) is 5.56 Å². The fourth-order valence-corrected chi connectivity index (χ4v) is 1.84. The topological polar surface area (TPSA) is 56.8 Å². The van der Waals surface area contributed by atoms with E-state index in [-0.39, 0.29) is 18.3 Å². The summed E-state index contributed by atoms with van der Waals surface area (Å²) >= 11 is 0. The number of oxime groups is 1. The Morgan fingerprint density at radius 2 is 1.82 bits per heavy atom. The second kappa shape index (κ2) is 7.45. The van der Waals surface area contributed by atoms with E-state index >= 15 is 0 Å². The van der Waals surface area contributed by atoms with Crippen molar-refractivity contribution >= 4 is 5.84 Å². The zero-order valence-corrected chi connectivity index (χ0v) is 12.7. The molecule has 2 aromatic rings. The van der Waals surface area contributed by atoms with Crippen molar-refractivity contribution < 1.29 is 14.0 Å². The van der Waals surface area contributed by atoms with Gasteiger partial charge in [0.05, 0.1) is 0 Å². The third-order valence-corrected chi connectivity index (χ3v) is 3.08. The predicted molar refractivity (Wildman–Crippen MR) is 84.5 cm³/mol. The summed E-state index contributed by atoms with van der Waals surface area (Å²) in [5.74, 6) is 0.713. The molecular weight excluding hydrogens is 283 g/mol. The molecule has 0 saturated heterocycles. The third kappa shape index (κ3) is 4.48. The highest BCUT2D eigenvalue weighted by Gasteiger charge is 2.01. The highest BCUT2D eigenvalue weighted by atomic mass is 19.1. The summed E-state index contributed by atoms with van der Waals surface area (Å²) in [6, 6.07) is 11.8. The van der Waals surface area contributed by atoms with Crippen molar-refractivity contribution in [3.63, 3.8) is 0 Å². The molecule has 0 spiro atoms. The van der Waals surface area contributed by atoms with E-state index in [1.807, 2.05) is 32.0 Å². The first kappa shape index (κ1) is 15.8. The smallest absolute Gasteiger partial charge is 0.170 e. The maximum atomic E-state index is 12.8. The average Bonchev–Trinajstić information content (AvgIpc) is 2.50. The maximum absolute atomic E-state index is 12.8. The summed E-state index contributed by atoms with van der Waals surface area (Å²) in [5.41, 5.74) is 8.56. The lowest BCUT2D eigenvalue weighted by Crippen LogP contribution is -2.15. The number of benzene rings is 2. The molecule has 0 bridgehead atoms. The fraction of sp³-hybridized carbons (Fsp3) is 0.235. The van der Waals surface area contributed by atoms with E-state index in [1.165, 1.54) is 12.1 Å². The summed E-state index contributed by atoms with van der Waals surface area (Å²) < 4.78 is 18.4. The van der Waals surface area contributed by atoms with Crippen LogP contribution in [-0.2, 0) is 4.84 Å². The number of ether oxygens (including phenoxy) is 1. The molecule has 0 unspecified atom stereocenters. The SMILES string of the molecule is Cc1ccc(C)c(OCCO/N=C(\N)c2ccc(F)cc2)c1. The fourth-order valence-electron chi connectivity index (χ4n) is 1.84. The van der Waals surface area contributed by atoms with E-state index in [2.05, 4.69) is 5.16 Å². The van der Waals surface area contributed by atoms with E-state index in [0.717, 1.165) is 16.9 Å². The van der Waals surface area contributed by atoms with E-state index in [1.54, 1.807) is 12.1 Å². The molecule has 2 rings (SSSR count). The quantitative estimate of drug-likeness (QED) is 0.386. The Hall–Kier alpha value is -2.56. The molecule has 0 heterocycles. The molecule has 0 aliphatic heterocycles. The van der Waals surface area contributed by atoms with Gasteiger partial charge in [-0.05, 0) is 55.3 Å². The lowest BCUT2D eigenvalue weighted by Gasteiger charge is -2.09. The van der Waals surface area contributed by atoms with Crippen LogP contribution in [0.15, 0.2) is 47.6 Å². The lowest BCUT2D eigenvalue weighted by atomic mass is 10.1. The number of aryl methyl sites for hydroxylation is 2. The van der Waals surface area contributed by atoms with Gasteiger partial charge in [0.1, 0.15) is 18.2 Å². The standard InChI is InChI=1S/C17H19FN2O2/c1-12-3-4-13(2)16(11-12)21-9-10-22-20-17(19)14-5-7-15(18)8-6-14/h3-8,11H,9-10H2,1-2H3,(H2,19,20). The molecule has 0 aliphatic rings.